The summed E-state index contributed by atoms with van der Waals surface area (Å²) >= 11 is 3.12. The number of phosphoric acid groups is 2. The average Bonchev–Trinajstić information content (AvgIpc) is 3.22. The molecule has 328 valence electrons. The maximum Gasteiger partial charge on any atom is 2.00 e. The molecule has 0 aliphatic carbocycles. The summed E-state index contributed by atoms with van der Waals surface area (Å²) in [4.78, 5) is 29.2. The van der Waals surface area contributed by atoms with Crippen LogP contribution in [-0.2, 0) is 60.5 Å². The third-order valence-corrected chi connectivity index (χ3v) is 14.6. The van der Waals surface area contributed by atoms with Crippen LogP contribution >= 0.6 is 39.2 Å². The molecule has 0 atom stereocenters. The summed E-state index contributed by atoms with van der Waals surface area (Å²) in [6, 6.07) is 16.6. The Morgan fingerprint density at radius 3 is 0.803 bits per heavy atom. The first-order chi connectivity index (χ1) is 28.8. The summed E-state index contributed by atoms with van der Waals surface area (Å²) in [6.07, 6.45) is 14.8. The Labute approximate surface area is 404 Å². The van der Waals surface area contributed by atoms with Gasteiger partial charge in [-0.2, -0.15) is 0 Å². The third-order valence-electron chi connectivity index (χ3n) is 10.9. The number of hydrogen-bond acceptors (Lipinski definition) is 10. The minimum atomic E-state index is -4.55. The van der Waals surface area contributed by atoms with Crippen molar-refractivity contribution in [2.75, 3.05) is 0 Å². The van der Waals surface area contributed by atoms with Crippen molar-refractivity contribution in [2.45, 2.75) is 178 Å². The largest absolute Gasteiger partial charge is 2.00 e. The first kappa shape index (κ1) is 52.0. The molecule has 0 saturated heterocycles. The minimum Gasteiger partial charge on any atom is -0.736 e. The Morgan fingerprint density at radius 2 is 0.623 bits per heavy atom. The molecular weight excluding hydrogens is 871 g/mol. The van der Waals surface area contributed by atoms with Gasteiger partial charge in [-0.05, 0) is 146 Å². The van der Waals surface area contributed by atoms with Crippen molar-refractivity contribution >= 4 is 76.9 Å². The van der Waals surface area contributed by atoms with Gasteiger partial charge in [0.25, 0.3) is 0 Å². The van der Waals surface area contributed by atoms with Crippen molar-refractivity contribution in [3.8, 4) is 23.0 Å². The Balaban J connectivity index is 0.000000264. The van der Waals surface area contributed by atoms with E-state index in [0.717, 1.165) is 145 Å². The number of aryl methyl sites for hydroxylation is 8. The zero-order valence-electron chi connectivity index (χ0n) is 37.6. The smallest absolute Gasteiger partial charge is 0.736 e. The zero-order chi connectivity index (χ0) is 43.5. The van der Waals surface area contributed by atoms with Gasteiger partial charge in [-0.15, -0.1) is 0 Å². The number of rotatable bonds is 16. The molecule has 0 bridgehead atoms. The fraction of sp³-hybridized carbons (Fsp3) is 0.500. The van der Waals surface area contributed by atoms with E-state index in [1.807, 2.05) is 0 Å². The van der Waals surface area contributed by atoms with E-state index in [9.17, 15) is 18.9 Å². The van der Waals surface area contributed by atoms with Crippen LogP contribution in [0.4, 0.5) is 0 Å². The van der Waals surface area contributed by atoms with Crippen LogP contribution in [0.5, 0.6) is 23.0 Å². The van der Waals surface area contributed by atoms with Crippen LogP contribution in [0, 0.1) is 0 Å². The quantitative estimate of drug-likeness (QED) is 0.0794. The van der Waals surface area contributed by atoms with Crippen molar-refractivity contribution in [1.82, 2.24) is 0 Å². The van der Waals surface area contributed by atoms with Crippen LogP contribution in [-0.4, -0.2) is 37.7 Å². The fourth-order valence-corrected chi connectivity index (χ4v) is 11.8. The summed E-state index contributed by atoms with van der Waals surface area (Å²) in [5.41, 5.74) is 8.55. The molecule has 0 N–H and O–H groups in total. The van der Waals surface area contributed by atoms with Crippen molar-refractivity contribution < 1.29 is 37.0 Å². The molecule has 6 rings (SSSR count). The molecule has 0 saturated carbocycles. The van der Waals surface area contributed by atoms with Crippen molar-refractivity contribution in [3.63, 3.8) is 0 Å². The molecule has 0 fully saturated rings. The topological polar surface area (TPSA) is 117 Å². The number of hydrogen-bond donors (Lipinski definition) is 0. The first-order valence-corrected chi connectivity index (χ1v) is 26.8. The molecule has 2 heterocycles. The van der Waals surface area contributed by atoms with Gasteiger partial charge >= 0.3 is 53.4 Å². The van der Waals surface area contributed by atoms with Gasteiger partial charge in [0.2, 0.25) is 0 Å². The second kappa shape index (κ2) is 24.6. The predicted octanol–water partition coefficient (Wildman–Crippen LogP) is 13.4. The van der Waals surface area contributed by atoms with Gasteiger partial charge in [-0.3, -0.25) is 0 Å². The summed E-state index contributed by atoms with van der Waals surface area (Å²) in [5, 5.41) is 0. The van der Waals surface area contributed by atoms with Crippen LogP contribution in [0.2, 0.25) is 0 Å². The molecule has 0 unspecified atom stereocenters. The third kappa shape index (κ3) is 14.2. The van der Waals surface area contributed by atoms with E-state index in [1.165, 1.54) is 22.3 Å². The molecule has 2 aliphatic rings. The molecular formula is C48H64CaO8P2S2. The summed E-state index contributed by atoms with van der Waals surface area (Å²) < 4.78 is 48.1. The van der Waals surface area contributed by atoms with Crippen LogP contribution in [0.3, 0.4) is 0 Å². The maximum absolute atomic E-state index is 12.9. The molecule has 0 aromatic heterocycles. The maximum atomic E-state index is 12.9. The Bertz CT molecular complexity index is 1900. The molecule has 0 spiro atoms. The average molecular weight is 935 g/mol. The number of unbranched alkanes of at least 4 members (excludes halogenated alkanes) is 4. The Hall–Kier alpha value is -1.58. The second-order valence-corrected chi connectivity index (χ2v) is 20.3. The molecule has 8 nitrogen and oxygen atoms in total. The molecule has 4 aromatic rings. The molecule has 0 radical (unpaired) electrons. The molecule has 61 heavy (non-hydrogen) atoms. The molecule has 2 aliphatic heterocycles. The van der Waals surface area contributed by atoms with E-state index in [2.05, 4.69) is 104 Å². The molecule has 4 aromatic carbocycles. The van der Waals surface area contributed by atoms with E-state index >= 15 is 0 Å². The van der Waals surface area contributed by atoms with E-state index in [4.69, 9.17) is 18.1 Å². The van der Waals surface area contributed by atoms with E-state index in [-0.39, 0.29) is 37.7 Å². The van der Waals surface area contributed by atoms with Crippen LogP contribution in [0.1, 0.15) is 151 Å². The second-order valence-electron chi connectivity index (χ2n) is 15.6. The standard InChI is InChI=1S/2C24H33O4PS.Ca/c2*1-5-9-11-19-13-17(7-3)15-21-23(19)27-29(25,26)28-24-20(12-10-6-2)14-18(8-4)16-22(24)30-21;/h2*13-16H,5-12H2,1-4H3,(H,25,26);/q;;+2/p-2. The molecule has 13 heteroatoms. The van der Waals surface area contributed by atoms with E-state index in [1.54, 1.807) is 23.5 Å². The van der Waals surface area contributed by atoms with Gasteiger partial charge in [0, 0.05) is 0 Å². The van der Waals surface area contributed by atoms with Crippen molar-refractivity contribution in [2.24, 2.45) is 0 Å². The van der Waals surface area contributed by atoms with Crippen LogP contribution in [0.15, 0.2) is 68.1 Å². The number of phosphoric ester groups is 2. The summed E-state index contributed by atoms with van der Waals surface area (Å²) in [6.45, 7) is 17.0. The predicted molar refractivity (Wildman–Crippen MR) is 249 cm³/mol. The van der Waals surface area contributed by atoms with Gasteiger partial charge in [0.05, 0.1) is 19.6 Å². The van der Waals surface area contributed by atoms with Crippen LogP contribution in [0.25, 0.3) is 0 Å². The monoisotopic (exact) mass is 934 g/mol. The Kier molecular flexibility index (Phi) is 21.0. The van der Waals surface area contributed by atoms with E-state index < -0.39 is 15.6 Å². The normalized spacial score (nSPS) is 14.5. The zero-order valence-corrected chi connectivity index (χ0v) is 43.2. The SMILES string of the molecule is CCCCc1cc(CC)cc2c1OP(=O)([O-])Oc1c(CCCC)cc(CC)cc1S2.CCCCc1cc(CC)cc2c1OP(=O)([O-])Oc1c(CCCC)cc(CC)cc1S2.[Ca+2]. The first-order valence-electron chi connectivity index (χ1n) is 22.2. The van der Waals surface area contributed by atoms with Gasteiger partial charge < -0.3 is 27.9 Å². The van der Waals surface area contributed by atoms with Crippen molar-refractivity contribution in [1.29, 1.82) is 0 Å². The minimum absolute atomic E-state index is 0. The van der Waals surface area contributed by atoms with Crippen LogP contribution < -0.4 is 27.9 Å². The molecule has 0 amide bonds. The van der Waals surface area contributed by atoms with Gasteiger partial charge in [-0.1, -0.05) is 129 Å². The number of fused-ring (bicyclic) bond motifs is 4. The number of benzene rings is 4. The summed E-state index contributed by atoms with van der Waals surface area (Å²) in [5.74, 6) is 1.75. The van der Waals surface area contributed by atoms with E-state index in [0.29, 0.717) is 23.0 Å². The Morgan fingerprint density at radius 1 is 0.410 bits per heavy atom. The summed E-state index contributed by atoms with van der Waals surface area (Å²) in [7, 11) is -9.10. The fourth-order valence-electron chi connectivity index (χ4n) is 7.36. The van der Waals surface area contributed by atoms with Gasteiger partial charge in [-0.25, -0.2) is 9.13 Å². The van der Waals surface area contributed by atoms with Crippen molar-refractivity contribution in [3.05, 3.63) is 93.0 Å². The van der Waals surface area contributed by atoms with Gasteiger partial charge in [0.15, 0.2) is 0 Å². The van der Waals surface area contributed by atoms with Gasteiger partial charge in [0.1, 0.15) is 23.0 Å².